The third-order valence-corrected chi connectivity index (χ3v) is 3.75. The van der Waals surface area contributed by atoms with Crippen LogP contribution in [0, 0.1) is 6.92 Å². The predicted molar refractivity (Wildman–Crippen MR) is 95.4 cm³/mol. The van der Waals surface area contributed by atoms with Crippen LogP contribution in [0.5, 0.6) is 0 Å². The zero-order chi connectivity index (χ0) is 17.8. The quantitative estimate of drug-likeness (QED) is 0.745. The van der Waals surface area contributed by atoms with Gasteiger partial charge in [-0.1, -0.05) is 30.3 Å². The van der Waals surface area contributed by atoms with Crippen LogP contribution in [0.1, 0.15) is 33.6 Å². The number of anilines is 1. The van der Waals surface area contributed by atoms with Gasteiger partial charge in [-0.05, 0) is 24.6 Å². The first-order chi connectivity index (χ1) is 12.0. The van der Waals surface area contributed by atoms with Gasteiger partial charge in [-0.25, -0.2) is 9.97 Å². The Kier molecular flexibility index (Phi) is 4.74. The highest BCUT2D eigenvalue weighted by Crippen LogP contribution is 2.20. The van der Waals surface area contributed by atoms with Crippen molar-refractivity contribution in [3.8, 4) is 0 Å². The van der Waals surface area contributed by atoms with E-state index in [9.17, 15) is 4.79 Å². The number of carbonyl (C=O) groups is 1. The Morgan fingerprint density at radius 2 is 1.96 bits per heavy atom. The fourth-order valence-electron chi connectivity index (χ4n) is 2.45. The summed E-state index contributed by atoms with van der Waals surface area (Å²) in [6.07, 6.45) is 1.62. The van der Waals surface area contributed by atoms with E-state index < -0.39 is 6.04 Å². The van der Waals surface area contributed by atoms with Gasteiger partial charge in [0, 0.05) is 25.9 Å². The van der Waals surface area contributed by atoms with E-state index >= 15 is 0 Å². The van der Waals surface area contributed by atoms with Gasteiger partial charge >= 0.3 is 0 Å². The average molecular weight is 336 g/mol. The second-order valence-corrected chi connectivity index (χ2v) is 5.89. The van der Waals surface area contributed by atoms with Crippen molar-refractivity contribution in [1.29, 1.82) is 0 Å². The van der Waals surface area contributed by atoms with Gasteiger partial charge in [0.15, 0.2) is 5.82 Å². The molecule has 0 aliphatic rings. The fraction of sp³-hybridized carbons (Fsp3) is 0.222. The molecule has 0 spiro atoms. The number of nitrogens with one attached hydrogen (secondary N) is 2. The minimum atomic E-state index is -0.436. The van der Waals surface area contributed by atoms with E-state index in [-0.39, 0.29) is 5.91 Å². The van der Waals surface area contributed by atoms with Gasteiger partial charge in [0.2, 0.25) is 0 Å². The van der Waals surface area contributed by atoms with Crippen LogP contribution in [0.4, 0.5) is 5.82 Å². The van der Waals surface area contributed by atoms with Crippen LogP contribution in [0.25, 0.3) is 0 Å². The number of hydrogen-bond acceptors (Lipinski definition) is 5. The number of aromatic amines is 1. The Morgan fingerprint density at radius 3 is 2.60 bits per heavy atom. The molecule has 1 atom stereocenters. The largest absolute Gasteiger partial charge is 0.363 e. The molecule has 0 bridgehead atoms. The minimum Gasteiger partial charge on any atom is -0.363 e. The molecule has 1 amide bonds. The number of H-pyrrole nitrogens is 1. The molecule has 1 unspecified atom stereocenters. The summed E-state index contributed by atoms with van der Waals surface area (Å²) in [5.74, 6) is 1.74. The first-order valence-electron chi connectivity index (χ1n) is 7.92. The molecule has 0 aliphatic heterocycles. The molecule has 0 aliphatic carbocycles. The Morgan fingerprint density at radius 1 is 1.20 bits per heavy atom. The predicted octanol–water partition coefficient (Wildman–Crippen LogP) is 2.09. The topological polar surface area (TPSA) is 86.8 Å². The van der Waals surface area contributed by atoms with Crippen LogP contribution < -0.4 is 10.2 Å². The molecule has 2 N–H and O–H groups in total. The van der Waals surface area contributed by atoms with Crippen molar-refractivity contribution in [3.05, 3.63) is 71.4 Å². The summed E-state index contributed by atoms with van der Waals surface area (Å²) in [7, 11) is 3.76. The van der Waals surface area contributed by atoms with E-state index in [2.05, 4.69) is 25.5 Å². The zero-order valence-electron chi connectivity index (χ0n) is 14.4. The monoisotopic (exact) mass is 336 g/mol. The molecule has 7 nitrogen and oxygen atoms in total. The third-order valence-electron chi connectivity index (χ3n) is 3.75. The first kappa shape index (κ1) is 16.6. The lowest BCUT2D eigenvalue weighted by atomic mass is 10.1. The Bertz CT molecular complexity index is 859. The van der Waals surface area contributed by atoms with Crippen molar-refractivity contribution in [2.75, 3.05) is 19.0 Å². The number of rotatable bonds is 5. The van der Waals surface area contributed by atoms with Crippen LogP contribution in [0.2, 0.25) is 0 Å². The molecule has 0 fully saturated rings. The van der Waals surface area contributed by atoms with Crippen LogP contribution in [0.15, 0.2) is 48.7 Å². The Balaban J connectivity index is 1.90. The molecule has 7 heteroatoms. The molecule has 128 valence electrons. The van der Waals surface area contributed by atoms with Gasteiger partial charge in [-0.3, -0.25) is 9.89 Å². The van der Waals surface area contributed by atoms with Gasteiger partial charge < -0.3 is 10.2 Å². The van der Waals surface area contributed by atoms with Crippen molar-refractivity contribution >= 4 is 11.7 Å². The third kappa shape index (κ3) is 3.82. The van der Waals surface area contributed by atoms with Crippen LogP contribution >= 0.6 is 0 Å². The Labute approximate surface area is 146 Å². The molecule has 2 heterocycles. The summed E-state index contributed by atoms with van der Waals surface area (Å²) >= 11 is 0. The number of benzene rings is 1. The highest BCUT2D eigenvalue weighted by atomic mass is 16.1. The number of pyridine rings is 1. The van der Waals surface area contributed by atoms with Crippen LogP contribution in [0.3, 0.4) is 0 Å². The number of aromatic nitrogens is 4. The van der Waals surface area contributed by atoms with Crippen molar-refractivity contribution in [2.24, 2.45) is 0 Å². The highest BCUT2D eigenvalue weighted by molar-refractivity contribution is 5.95. The van der Waals surface area contributed by atoms with Crippen LogP contribution in [-0.4, -0.2) is 40.2 Å². The van der Waals surface area contributed by atoms with Crippen LogP contribution in [-0.2, 0) is 0 Å². The number of amides is 1. The summed E-state index contributed by atoms with van der Waals surface area (Å²) in [6.45, 7) is 1.83. The fourth-order valence-corrected chi connectivity index (χ4v) is 2.45. The summed E-state index contributed by atoms with van der Waals surface area (Å²) in [5, 5.41) is 10.1. The molecule has 3 rings (SSSR count). The summed E-state index contributed by atoms with van der Waals surface area (Å²) in [4.78, 5) is 23.2. The number of hydrogen-bond donors (Lipinski definition) is 2. The van der Waals surface area contributed by atoms with Gasteiger partial charge in [-0.15, -0.1) is 0 Å². The van der Waals surface area contributed by atoms with E-state index in [4.69, 9.17) is 0 Å². The summed E-state index contributed by atoms with van der Waals surface area (Å²) in [6, 6.07) is 12.7. The molecule has 1 aromatic carbocycles. The van der Waals surface area contributed by atoms with Gasteiger partial charge in [-0.2, -0.15) is 5.10 Å². The molecule has 3 aromatic rings. The van der Waals surface area contributed by atoms with Crippen molar-refractivity contribution in [2.45, 2.75) is 13.0 Å². The zero-order valence-corrected chi connectivity index (χ0v) is 14.4. The normalized spacial score (nSPS) is 11.8. The lowest BCUT2D eigenvalue weighted by Crippen LogP contribution is -2.30. The van der Waals surface area contributed by atoms with Gasteiger partial charge in [0.25, 0.3) is 5.91 Å². The van der Waals surface area contributed by atoms with Crippen molar-refractivity contribution < 1.29 is 4.79 Å². The lowest BCUT2D eigenvalue weighted by molar-refractivity contribution is 0.0941. The molecule has 2 aromatic heterocycles. The minimum absolute atomic E-state index is 0.207. The molecule has 0 saturated carbocycles. The van der Waals surface area contributed by atoms with E-state index in [0.717, 1.165) is 11.4 Å². The maximum Gasteiger partial charge on any atom is 0.252 e. The van der Waals surface area contributed by atoms with E-state index in [1.807, 2.05) is 56.3 Å². The second-order valence-electron chi connectivity index (χ2n) is 5.89. The van der Waals surface area contributed by atoms with Crippen molar-refractivity contribution in [1.82, 2.24) is 25.5 Å². The highest BCUT2D eigenvalue weighted by Gasteiger charge is 2.21. The van der Waals surface area contributed by atoms with Gasteiger partial charge in [0.05, 0.1) is 0 Å². The maximum absolute atomic E-state index is 12.8. The van der Waals surface area contributed by atoms with Gasteiger partial charge in [0.1, 0.15) is 17.7 Å². The first-order valence-corrected chi connectivity index (χ1v) is 7.92. The number of carbonyl (C=O) groups excluding carboxylic acids is 1. The second kappa shape index (κ2) is 7.12. The Hall–Kier alpha value is -3.22. The van der Waals surface area contributed by atoms with E-state index in [0.29, 0.717) is 17.2 Å². The lowest BCUT2D eigenvalue weighted by Gasteiger charge is -2.17. The SMILES string of the molecule is Cc1nc(C(NC(=O)c2ccnc(N(C)C)c2)c2ccccc2)n[nH]1. The standard InChI is InChI=1S/C18H20N6O/c1-12-20-17(23-22-12)16(13-7-5-4-6-8-13)21-18(25)14-9-10-19-15(11-14)24(2)3/h4-11,16H,1-3H3,(H,21,25)(H,20,22,23). The van der Waals surface area contributed by atoms with E-state index in [1.54, 1.807) is 18.3 Å². The maximum atomic E-state index is 12.8. The van der Waals surface area contributed by atoms with Crippen molar-refractivity contribution in [3.63, 3.8) is 0 Å². The average Bonchev–Trinajstić information content (AvgIpc) is 3.06. The molecule has 25 heavy (non-hydrogen) atoms. The summed E-state index contributed by atoms with van der Waals surface area (Å²) < 4.78 is 0. The van der Waals surface area contributed by atoms with E-state index in [1.165, 1.54) is 0 Å². The molecule has 0 radical (unpaired) electrons. The smallest absolute Gasteiger partial charge is 0.252 e. The molecular weight excluding hydrogens is 316 g/mol. The number of nitrogens with zero attached hydrogens (tertiary/aromatic N) is 4. The summed E-state index contributed by atoms with van der Waals surface area (Å²) in [5.41, 5.74) is 1.45. The molecule has 0 saturated heterocycles. The number of aryl methyl sites for hydroxylation is 1. The molecular formula is C18H20N6O.